The van der Waals surface area contributed by atoms with E-state index in [1.807, 2.05) is 0 Å². The number of benzene rings is 2. The quantitative estimate of drug-likeness (QED) is 0.425. The number of hydrogen-bond donors (Lipinski definition) is 2. The van der Waals surface area contributed by atoms with Crippen LogP contribution in [0.15, 0.2) is 71.3 Å². The standard InChI is InChI=1S/C26H22F3N3O6/c27-26(28,29)18-5-2-7-20(12-18)31-24(35)16-4-1-6-19(10-16)30-22(33)15-38-25(36)17-11-23(34)32(13-17)14-21-8-3-9-37-21/h1-10,12,17H,11,13-15H2,(H,30,33)(H,31,35)/t17-/m1/s1. The predicted molar refractivity (Wildman–Crippen MR) is 128 cm³/mol. The number of ether oxygens (including phenoxy) is 1. The van der Waals surface area contributed by atoms with E-state index < -0.39 is 42.0 Å². The number of halogens is 3. The maximum absolute atomic E-state index is 12.9. The first-order valence-electron chi connectivity index (χ1n) is 11.4. The molecule has 0 radical (unpaired) electrons. The first kappa shape index (κ1) is 26.5. The second-order valence-corrected chi connectivity index (χ2v) is 8.52. The van der Waals surface area contributed by atoms with Crippen LogP contribution in [-0.4, -0.2) is 41.7 Å². The van der Waals surface area contributed by atoms with Crippen molar-refractivity contribution >= 4 is 35.1 Å². The highest BCUT2D eigenvalue weighted by molar-refractivity contribution is 6.05. The van der Waals surface area contributed by atoms with Gasteiger partial charge in [0.05, 0.1) is 24.3 Å². The van der Waals surface area contributed by atoms with Gasteiger partial charge < -0.3 is 24.7 Å². The molecule has 0 saturated carbocycles. The molecule has 12 heteroatoms. The third kappa shape index (κ3) is 6.78. The zero-order valence-corrected chi connectivity index (χ0v) is 19.8. The van der Waals surface area contributed by atoms with Gasteiger partial charge in [-0.05, 0) is 48.5 Å². The highest BCUT2D eigenvalue weighted by Gasteiger charge is 2.36. The van der Waals surface area contributed by atoms with Gasteiger partial charge in [0.2, 0.25) is 5.91 Å². The summed E-state index contributed by atoms with van der Waals surface area (Å²) in [5.74, 6) is -2.41. The molecule has 0 spiro atoms. The van der Waals surface area contributed by atoms with Crippen molar-refractivity contribution in [2.45, 2.75) is 19.1 Å². The number of nitrogens with one attached hydrogen (secondary N) is 2. The molecule has 2 N–H and O–H groups in total. The number of hydrogen-bond acceptors (Lipinski definition) is 6. The summed E-state index contributed by atoms with van der Waals surface area (Å²) in [5, 5.41) is 4.87. The Morgan fingerprint density at radius 3 is 2.45 bits per heavy atom. The third-order valence-corrected chi connectivity index (χ3v) is 5.68. The second kappa shape index (κ2) is 11.2. The zero-order chi connectivity index (χ0) is 27.3. The van der Waals surface area contributed by atoms with Crippen molar-refractivity contribution in [2.75, 3.05) is 23.8 Å². The van der Waals surface area contributed by atoms with Gasteiger partial charge in [0.25, 0.3) is 11.8 Å². The van der Waals surface area contributed by atoms with Crippen LogP contribution in [0.4, 0.5) is 24.5 Å². The van der Waals surface area contributed by atoms with Crippen LogP contribution in [0.3, 0.4) is 0 Å². The molecule has 1 aromatic heterocycles. The number of rotatable bonds is 8. The van der Waals surface area contributed by atoms with Gasteiger partial charge in [-0.15, -0.1) is 0 Å². The number of furan rings is 1. The summed E-state index contributed by atoms with van der Waals surface area (Å²) in [6.07, 6.45) is -3.11. The molecular weight excluding hydrogens is 507 g/mol. The molecule has 1 aliphatic heterocycles. The molecule has 0 unspecified atom stereocenters. The van der Waals surface area contributed by atoms with E-state index in [2.05, 4.69) is 10.6 Å². The van der Waals surface area contributed by atoms with E-state index in [0.29, 0.717) is 5.76 Å². The number of esters is 1. The molecule has 198 valence electrons. The van der Waals surface area contributed by atoms with Crippen molar-refractivity contribution in [1.82, 2.24) is 4.90 Å². The normalized spacial score (nSPS) is 15.3. The van der Waals surface area contributed by atoms with E-state index in [4.69, 9.17) is 9.15 Å². The van der Waals surface area contributed by atoms with Crippen molar-refractivity contribution in [3.05, 3.63) is 83.8 Å². The van der Waals surface area contributed by atoms with Gasteiger partial charge in [0.15, 0.2) is 6.61 Å². The fourth-order valence-corrected chi connectivity index (χ4v) is 3.84. The Morgan fingerprint density at radius 1 is 1.00 bits per heavy atom. The molecule has 2 aromatic carbocycles. The second-order valence-electron chi connectivity index (χ2n) is 8.52. The number of alkyl halides is 3. The molecule has 1 aliphatic rings. The van der Waals surface area contributed by atoms with Gasteiger partial charge in [-0.3, -0.25) is 19.2 Å². The van der Waals surface area contributed by atoms with Gasteiger partial charge >= 0.3 is 12.1 Å². The smallest absolute Gasteiger partial charge is 0.416 e. The molecule has 1 saturated heterocycles. The minimum atomic E-state index is -4.55. The largest absolute Gasteiger partial charge is 0.467 e. The Hall–Kier alpha value is -4.61. The Kier molecular flexibility index (Phi) is 7.79. The van der Waals surface area contributed by atoms with Gasteiger partial charge in [-0.25, -0.2) is 0 Å². The highest BCUT2D eigenvalue weighted by atomic mass is 19.4. The molecule has 2 heterocycles. The molecule has 0 aliphatic carbocycles. The zero-order valence-electron chi connectivity index (χ0n) is 19.8. The van der Waals surface area contributed by atoms with Crippen LogP contribution in [0.2, 0.25) is 0 Å². The number of carbonyl (C=O) groups is 4. The van der Waals surface area contributed by atoms with Crippen molar-refractivity contribution < 1.29 is 41.5 Å². The van der Waals surface area contributed by atoms with E-state index in [-0.39, 0.29) is 42.4 Å². The summed E-state index contributed by atoms with van der Waals surface area (Å²) < 4.78 is 49.0. The lowest BCUT2D eigenvalue weighted by molar-refractivity contribution is -0.151. The molecule has 0 bridgehead atoms. The highest BCUT2D eigenvalue weighted by Crippen LogP contribution is 2.30. The monoisotopic (exact) mass is 529 g/mol. The minimum absolute atomic E-state index is 0.0375. The van der Waals surface area contributed by atoms with Crippen LogP contribution in [0, 0.1) is 5.92 Å². The maximum atomic E-state index is 12.9. The fraction of sp³-hybridized carbons (Fsp3) is 0.231. The van der Waals surface area contributed by atoms with Crippen molar-refractivity contribution in [3.63, 3.8) is 0 Å². The number of carbonyl (C=O) groups excluding carboxylic acids is 4. The Labute approximate surface area is 214 Å². The maximum Gasteiger partial charge on any atom is 0.416 e. The van der Waals surface area contributed by atoms with Crippen LogP contribution in [0.5, 0.6) is 0 Å². The van der Waals surface area contributed by atoms with Crippen molar-refractivity contribution in [2.24, 2.45) is 5.92 Å². The number of amides is 3. The van der Waals surface area contributed by atoms with Gasteiger partial charge in [-0.2, -0.15) is 13.2 Å². The van der Waals surface area contributed by atoms with Gasteiger partial charge in [-0.1, -0.05) is 12.1 Å². The summed E-state index contributed by atoms with van der Waals surface area (Å²) in [5.41, 5.74) is -0.654. The lowest BCUT2D eigenvalue weighted by atomic mass is 10.1. The minimum Gasteiger partial charge on any atom is -0.467 e. The molecule has 3 amide bonds. The predicted octanol–water partition coefficient (Wildman–Crippen LogP) is 4.08. The van der Waals surface area contributed by atoms with Crippen molar-refractivity contribution in [1.29, 1.82) is 0 Å². The molecule has 9 nitrogen and oxygen atoms in total. The Bertz CT molecular complexity index is 1340. The van der Waals surface area contributed by atoms with Crippen LogP contribution in [0.1, 0.15) is 28.1 Å². The topological polar surface area (TPSA) is 118 Å². The Balaban J connectivity index is 1.27. The molecule has 38 heavy (non-hydrogen) atoms. The van der Waals surface area contributed by atoms with E-state index >= 15 is 0 Å². The molecular formula is C26H22F3N3O6. The van der Waals surface area contributed by atoms with E-state index in [1.165, 1.54) is 47.6 Å². The summed E-state index contributed by atoms with van der Waals surface area (Å²) in [7, 11) is 0. The first-order chi connectivity index (χ1) is 18.1. The summed E-state index contributed by atoms with van der Waals surface area (Å²) in [6, 6.07) is 13.3. The van der Waals surface area contributed by atoms with Crippen LogP contribution < -0.4 is 10.6 Å². The van der Waals surface area contributed by atoms with Gasteiger partial charge in [0, 0.05) is 29.9 Å². The molecule has 1 fully saturated rings. The average Bonchev–Trinajstić information content (AvgIpc) is 3.52. The fourth-order valence-electron chi connectivity index (χ4n) is 3.84. The summed E-state index contributed by atoms with van der Waals surface area (Å²) in [6.45, 7) is -0.237. The number of anilines is 2. The molecule has 3 aromatic rings. The molecule has 1 atom stereocenters. The lowest BCUT2D eigenvalue weighted by Gasteiger charge is -2.14. The molecule has 4 rings (SSSR count). The van der Waals surface area contributed by atoms with Crippen LogP contribution >= 0.6 is 0 Å². The average molecular weight is 529 g/mol. The van der Waals surface area contributed by atoms with E-state index in [1.54, 1.807) is 12.1 Å². The first-order valence-corrected chi connectivity index (χ1v) is 11.4. The third-order valence-electron chi connectivity index (χ3n) is 5.68. The Morgan fingerprint density at radius 2 is 1.74 bits per heavy atom. The summed E-state index contributed by atoms with van der Waals surface area (Å²) in [4.78, 5) is 50.8. The van der Waals surface area contributed by atoms with Crippen LogP contribution in [0.25, 0.3) is 0 Å². The van der Waals surface area contributed by atoms with E-state index in [9.17, 15) is 32.3 Å². The van der Waals surface area contributed by atoms with E-state index in [0.717, 1.165) is 12.1 Å². The number of likely N-dealkylation sites (tertiary alicyclic amines) is 1. The van der Waals surface area contributed by atoms with Crippen LogP contribution in [-0.2, 0) is 31.8 Å². The SMILES string of the molecule is O=C(COC(=O)[C@@H]1CC(=O)N(Cc2ccco2)C1)Nc1cccc(C(=O)Nc2cccc(C(F)(F)F)c2)c1. The number of nitrogens with zero attached hydrogens (tertiary/aromatic N) is 1. The van der Waals surface area contributed by atoms with Gasteiger partial charge in [0.1, 0.15) is 5.76 Å². The summed E-state index contributed by atoms with van der Waals surface area (Å²) >= 11 is 0. The lowest BCUT2D eigenvalue weighted by Crippen LogP contribution is -2.28. The van der Waals surface area contributed by atoms with Crippen molar-refractivity contribution in [3.8, 4) is 0 Å².